The van der Waals surface area contributed by atoms with Gasteiger partial charge in [-0.25, -0.2) is 4.39 Å². The summed E-state index contributed by atoms with van der Waals surface area (Å²) < 4.78 is 13.3. The van der Waals surface area contributed by atoms with Gasteiger partial charge in [0.1, 0.15) is 5.82 Å². The van der Waals surface area contributed by atoms with Crippen molar-refractivity contribution in [1.82, 2.24) is 0 Å². The molecule has 96 valence electrons. The molecule has 0 bridgehead atoms. The average Bonchev–Trinajstić information content (AvgIpc) is 2.20. The molecular formula is C14H15ClFNO. The molecule has 4 heteroatoms. The molecule has 1 N–H and O–H groups in total. The SMILES string of the molecule is CC1(C)CC(=O)C=C(Nc2ccc(Cl)c(F)c2)C1. The molecule has 1 aliphatic carbocycles. The normalized spacial score (nSPS) is 18.4. The maximum atomic E-state index is 13.3. The predicted octanol–water partition coefficient (Wildman–Crippen LogP) is 4.16. The number of hydrogen-bond donors (Lipinski definition) is 1. The Hall–Kier alpha value is -1.35. The molecule has 0 amide bonds. The number of anilines is 1. The van der Waals surface area contributed by atoms with Crippen LogP contribution in [-0.2, 0) is 4.79 Å². The number of hydrogen-bond acceptors (Lipinski definition) is 2. The molecule has 0 saturated carbocycles. The second-order valence-corrected chi connectivity index (χ2v) is 5.81. The molecule has 0 atom stereocenters. The number of ketones is 1. The minimum absolute atomic E-state index is 0.0564. The Morgan fingerprint density at radius 3 is 2.67 bits per heavy atom. The van der Waals surface area contributed by atoms with Crippen molar-refractivity contribution in [3.05, 3.63) is 40.8 Å². The number of nitrogens with one attached hydrogen (secondary N) is 1. The second-order valence-electron chi connectivity index (χ2n) is 5.41. The van der Waals surface area contributed by atoms with Crippen LogP contribution < -0.4 is 5.32 Å². The van der Waals surface area contributed by atoms with E-state index in [1.54, 1.807) is 12.1 Å². The van der Waals surface area contributed by atoms with Crippen LogP contribution in [0.3, 0.4) is 0 Å². The summed E-state index contributed by atoms with van der Waals surface area (Å²) in [6.07, 6.45) is 2.91. The van der Waals surface area contributed by atoms with Gasteiger partial charge in [-0.15, -0.1) is 0 Å². The summed E-state index contributed by atoms with van der Waals surface area (Å²) in [6.45, 7) is 4.09. The highest BCUT2D eigenvalue weighted by Gasteiger charge is 2.27. The van der Waals surface area contributed by atoms with Crippen molar-refractivity contribution >= 4 is 23.1 Å². The Kier molecular flexibility index (Phi) is 3.44. The van der Waals surface area contributed by atoms with Gasteiger partial charge in [-0.05, 0) is 30.0 Å². The summed E-state index contributed by atoms with van der Waals surface area (Å²) in [5.41, 5.74) is 1.37. The molecule has 0 heterocycles. The smallest absolute Gasteiger partial charge is 0.157 e. The average molecular weight is 268 g/mol. The van der Waals surface area contributed by atoms with Crippen molar-refractivity contribution in [1.29, 1.82) is 0 Å². The highest BCUT2D eigenvalue weighted by molar-refractivity contribution is 6.30. The lowest BCUT2D eigenvalue weighted by Crippen LogP contribution is -2.24. The van der Waals surface area contributed by atoms with Crippen LogP contribution in [0.25, 0.3) is 0 Å². The van der Waals surface area contributed by atoms with Gasteiger partial charge in [-0.3, -0.25) is 4.79 Å². The Bertz CT molecular complexity index is 523. The number of benzene rings is 1. The molecule has 0 unspecified atom stereocenters. The minimum atomic E-state index is -0.469. The van der Waals surface area contributed by atoms with Crippen LogP contribution in [0, 0.1) is 11.2 Å². The fraction of sp³-hybridized carbons (Fsp3) is 0.357. The van der Waals surface area contributed by atoms with E-state index in [0.29, 0.717) is 12.1 Å². The first-order valence-electron chi connectivity index (χ1n) is 5.81. The molecule has 1 aromatic rings. The van der Waals surface area contributed by atoms with E-state index >= 15 is 0 Å². The first-order chi connectivity index (χ1) is 8.35. The van der Waals surface area contributed by atoms with Gasteiger partial charge >= 0.3 is 0 Å². The highest BCUT2D eigenvalue weighted by Crippen LogP contribution is 2.34. The first-order valence-corrected chi connectivity index (χ1v) is 6.19. The van der Waals surface area contributed by atoms with Crippen molar-refractivity contribution in [2.24, 2.45) is 5.41 Å². The maximum absolute atomic E-state index is 13.3. The van der Waals surface area contributed by atoms with E-state index in [1.165, 1.54) is 12.1 Å². The lowest BCUT2D eigenvalue weighted by molar-refractivity contribution is -0.117. The molecule has 18 heavy (non-hydrogen) atoms. The van der Waals surface area contributed by atoms with Crippen LogP contribution >= 0.6 is 11.6 Å². The monoisotopic (exact) mass is 267 g/mol. The molecule has 0 saturated heterocycles. The second kappa shape index (κ2) is 4.73. The molecule has 0 aliphatic heterocycles. The fourth-order valence-electron chi connectivity index (χ4n) is 2.19. The van der Waals surface area contributed by atoms with E-state index in [1.807, 2.05) is 13.8 Å². The third-order valence-electron chi connectivity index (χ3n) is 2.88. The molecular weight excluding hydrogens is 253 g/mol. The van der Waals surface area contributed by atoms with E-state index in [2.05, 4.69) is 5.32 Å². The quantitative estimate of drug-likeness (QED) is 0.872. The van der Waals surface area contributed by atoms with E-state index in [0.717, 1.165) is 12.1 Å². The summed E-state index contributed by atoms with van der Waals surface area (Å²) in [5, 5.41) is 3.17. The zero-order chi connectivity index (χ0) is 13.3. The third-order valence-corrected chi connectivity index (χ3v) is 3.19. The largest absolute Gasteiger partial charge is 0.359 e. The molecule has 0 fully saturated rings. The lowest BCUT2D eigenvalue weighted by atomic mass is 9.79. The van der Waals surface area contributed by atoms with Gasteiger partial charge in [0.25, 0.3) is 0 Å². The predicted molar refractivity (Wildman–Crippen MR) is 71.1 cm³/mol. The van der Waals surface area contributed by atoms with Crippen LogP contribution in [0.1, 0.15) is 26.7 Å². The Morgan fingerprint density at radius 1 is 1.33 bits per heavy atom. The fourth-order valence-corrected chi connectivity index (χ4v) is 2.30. The Morgan fingerprint density at radius 2 is 2.06 bits per heavy atom. The first kappa shape index (κ1) is 13.1. The van der Waals surface area contributed by atoms with Crippen molar-refractivity contribution in [2.75, 3.05) is 5.32 Å². The van der Waals surface area contributed by atoms with Crippen molar-refractivity contribution in [2.45, 2.75) is 26.7 Å². The molecule has 0 aromatic heterocycles. The number of allylic oxidation sites excluding steroid dienone is 2. The summed E-state index contributed by atoms with van der Waals surface area (Å²) in [4.78, 5) is 11.6. The standard InChI is InChI=1S/C14H15ClFNO/c1-14(2)7-10(5-11(18)8-14)17-9-3-4-12(15)13(16)6-9/h3-6,17H,7-8H2,1-2H3. The van der Waals surface area contributed by atoms with Gasteiger partial charge in [0.15, 0.2) is 5.78 Å². The van der Waals surface area contributed by atoms with Gasteiger partial charge in [0.2, 0.25) is 0 Å². The maximum Gasteiger partial charge on any atom is 0.157 e. The summed E-state index contributed by atoms with van der Waals surface area (Å²) >= 11 is 5.62. The molecule has 1 aromatic carbocycles. The number of halogens is 2. The topological polar surface area (TPSA) is 29.1 Å². The Labute approximate surface area is 111 Å². The highest BCUT2D eigenvalue weighted by atomic mass is 35.5. The Balaban J connectivity index is 2.18. The zero-order valence-electron chi connectivity index (χ0n) is 10.4. The van der Waals surface area contributed by atoms with Crippen molar-refractivity contribution < 1.29 is 9.18 Å². The van der Waals surface area contributed by atoms with Crippen molar-refractivity contribution in [3.63, 3.8) is 0 Å². The summed E-state index contributed by atoms with van der Waals surface area (Å²) in [7, 11) is 0. The number of carbonyl (C=O) groups is 1. The van der Waals surface area contributed by atoms with Gasteiger partial charge in [0, 0.05) is 23.9 Å². The minimum Gasteiger partial charge on any atom is -0.359 e. The van der Waals surface area contributed by atoms with E-state index in [4.69, 9.17) is 11.6 Å². The molecule has 1 aliphatic rings. The van der Waals surface area contributed by atoms with E-state index < -0.39 is 5.82 Å². The van der Waals surface area contributed by atoms with Crippen LogP contribution in [0.4, 0.5) is 10.1 Å². The van der Waals surface area contributed by atoms with Crippen LogP contribution in [0.15, 0.2) is 30.0 Å². The van der Waals surface area contributed by atoms with E-state index in [9.17, 15) is 9.18 Å². The number of carbonyl (C=O) groups excluding carboxylic acids is 1. The molecule has 2 rings (SSSR count). The third kappa shape index (κ3) is 3.10. The molecule has 2 nitrogen and oxygen atoms in total. The lowest BCUT2D eigenvalue weighted by Gasteiger charge is -2.29. The zero-order valence-corrected chi connectivity index (χ0v) is 11.1. The van der Waals surface area contributed by atoms with Gasteiger partial charge in [0.05, 0.1) is 5.02 Å². The summed E-state index contributed by atoms with van der Waals surface area (Å²) in [6, 6.07) is 4.52. The van der Waals surface area contributed by atoms with Crippen molar-refractivity contribution in [3.8, 4) is 0 Å². The van der Waals surface area contributed by atoms with Gasteiger partial charge in [-0.1, -0.05) is 25.4 Å². The molecule has 0 radical (unpaired) electrons. The summed E-state index contributed by atoms with van der Waals surface area (Å²) in [5.74, 6) is -0.369. The number of rotatable bonds is 2. The van der Waals surface area contributed by atoms with E-state index in [-0.39, 0.29) is 16.2 Å². The molecule has 0 spiro atoms. The van der Waals surface area contributed by atoms with Crippen LogP contribution in [0.5, 0.6) is 0 Å². The van der Waals surface area contributed by atoms with Crippen LogP contribution in [0.2, 0.25) is 5.02 Å². The van der Waals surface area contributed by atoms with Gasteiger partial charge < -0.3 is 5.32 Å². The van der Waals surface area contributed by atoms with Crippen LogP contribution in [-0.4, -0.2) is 5.78 Å². The van der Waals surface area contributed by atoms with Gasteiger partial charge in [-0.2, -0.15) is 0 Å².